The van der Waals surface area contributed by atoms with Gasteiger partial charge in [-0.25, -0.2) is 17.8 Å². The van der Waals surface area contributed by atoms with E-state index in [4.69, 9.17) is 0 Å². The smallest absolute Gasteiger partial charge is 0.351 e. The number of sulfonamides is 1. The van der Waals surface area contributed by atoms with E-state index in [9.17, 15) is 30.8 Å². The number of halogens is 4. The number of thioether (sulfide) groups is 1. The van der Waals surface area contributed by atoms with Gasteiger partial charge in [0.05, 0.1) is 17.9 Å². The molecule has 1 fully saturated rings. The molecule has 1 aliphatic carbocycles. The SMILES string of the molecule is CC(C(=O)NCc1ccc(C(F)(F)F)nc1SC1CCCCC1)c1cccc(F)c1NS(C)(=O)=O. The van der Waals surface area contributed by atoms with Crippen molar-refractivity contribution in [1.29, 1.82) is 0 Å². The average molecular weight is 534 g/mol. The monoisotopic (exact) mass is 533 g/mol. The van der Waals surface area contributed by atoms with Crippen LogP contribution in [0.3, 0.4) is 0 Å². The number of alkyl halides is 3. The van der Waals surface area contributed by atoms with Crippen LogP contribution in [0.25, 0.3) is 0 Å². The van der Waals surface area contributed by atoms with Crippen LogP contribution in [-0.2, 0) is 27.5 Å². The number of nitrogens with zero attached hydrogens (tertiary/aromatic N) is 1. The summed E-state index contributed by atoms with van der Waals surface area (Å²) in [6.07, 6.45) is 1.19. The van der Waals surface area contributed by atoms with Gasteiger partial charge in [-0.2, -0.15) is 13.2 Å². The number of rotatable bonds is 8. The van der Waals surface area contributed by atoms with Crippen LogP contribution in [0.4, 0.5) is 23.2 Å². The maximum Gasteiger partial charge on any atom is 0.433 e. The van der Waals surface area contributed by atoms with Crippen LogP contribution in [-0.4, -0.2) is 30.8 Å². The fourth-order valence-electron chi connectivity index (χ4n) is 3.88. The normalized spacial score (nSPS) is 16.1. The molecule has 1 amide bonds. The Morgan fingerprint density at radius 3 is 2.49 bits per heavy atom. The zero-order valence-corrected chi connectivity index (χ0v) is 20.9. The molecule has 1 aromatic heterocycles. The summed E-state index contributed by atoms with van der Waals surface area (Å²) in [5, 5.41) is 3.05. The minimum Gasteiger partial charge on any atom is -0.351 e. The number of para-hydroxylation sites is 1. The minimum atomic E-state index is -4.58. The summed E-state index contributed by atoms with van der Waals surface area (Å²) in [5.74, 6) is -2.31. The molecule has 2 aromatic rings. The molecule has 12 heteroatoms. The predicted molar refractivity (Wildman–Crippen MR) is 127 cm³/mol. The van der Waals surface area contributed by atoms with E-state index in [1.165, 1.54) is 36.9 Å². The molecule has 0 aliphatic heterocycles. The third kappa shape index (κ3) is 7.57. The second-order valence-corrected chi connectivity index (χ2v) is 11.6. The summed E-state index contributed by atoms with van der Waals surface area (Å²) in [4.78, 5) is 16.7. The van der Waals surface area contributed by atoms with E-state index < -0.39 is 39.5 Å². The topological polar surface area (TPSA) is 88.2 Å². The van der Waals surface area contributed by atoms with Crippen LogP contribution in [0, 0.1) is 5.82 Å². The lowest BCUT2D eigenvalue weighted by Gasteiger charge is -2.22. The number of carbonyl (C=O) groups excluding carboxylic acids is 1. The van der Waals surface area contributed by atoms with E-state index in [0.29, 0.717) is 5.56 Å². The second-order valence-electron chi connectivity index (χ2n) is 8.55. The standard InChI is InChI=1S/C23H27F4N3O3S2/c1-14(17-9-6-10-18(24)20(17)30-35(2,32)33)21(31)28-13-15-11-12-19(23(25,26)27)29-22(15)34-16-7-4-3-5-8-16/h6,9-12,14,16,30H,3-5,7-8,13H2,1-2H3,(H,28,31). The Balaban J connectivity index is 1.80. The van der Waals surface area contributed by atoms with Crippen molar-refractivity contribution in [2.45, 2.75) is 67.9 Å². The van der Waals surface area contributed by atoms with E-state index in [1.807, 2.05) is 0 Å². The molecule has 1 saturated carbocycles. The first-order chi connectivity index (χ1) is 16.3. The van der Waals surface area contributed by atoms with Gasteiger partial charge >= 0.3 is 6.18 Å². The molecule has 2 N–H and O–H groups in total. The van der Waals surface area contributed by atoms with Gasteiger partial charge in [-0.3, -0.25) is 9.52 Å². The molecule has 3 rings (SSSR count). The lowest BCUT2D eigenvalue weighted by molar-refractivity contribution is -0.141. The molecule has 1 aromatic carbocycles. The van der Waals surface area contributed by atoms with Gasteiger partial charge in [0, 0.05) is 17.4 Å². The van der Waals surface area contributed by atoms with Gasteiger partial charge in [0.2, 0.25) is 15.9 Å². The Bertz CT molecular complexity index is 1170. The van der Waals surface area contributed by atoms with E-state index >= 15 is 0 Å². The first-order valence-electron chi connectivity index (χ1n) is 11.1. The Hall–Kier alpha value is -2.34. The number of aromatic nitrogens is 1. The van der Waals surface area contributed by atoms with Crippen LogP contribution in [0.1, 0.15) is 61.8 Å². The highest BCUT2D eigenvalue weighted by molar-refractivity contribution is 7.99. The molecular weight excluding hydrogens is 506 g/mol. The average Bonchev–Trinajstić information content (AvgIpc) is 2.78. The van der Waals surface area contributed by atoms with E-state index in [1.54, 1.807) is 0 Å². The Labute approximate surface area is 206 Å². The summed E-state index contributed by atoms with van der Waals surface area (Å²) < 4.78 is 79.4. The summed E-state index contributed by atoms with van der Waals surface area (Å²) in [6, 6.07) is 6.07. The first kappa shape index (κ1) is 27.3. The van der Waals surface area contributed by atoms with Gasteiger partial charge in [0.15, 0.2) is 0 Å². The summed E-state index contributed by atoms with van der Waals surface area (Å²) in [6.45, 7) is 1.41. The number of pyridine rings is 1. The van der Waals surface area contributed by atoms with Gasteiger partial charge in [-0.1, -0.05) is 37.5 Å². The fraction of sp³-hybridized carbons (Fsp3) is 0.478. The quantitative estimate of drug-likeness (QED) is 0.440. The number of benzene rings is 1. The molecule has 192 valence electrons. The van der Waals surface area contributed by atoms with Gasteiger partial charge < -0.3 is 5.32 Å². The number of hydrogen-bond donors (Lipinski definition) is 2. The van der Waals surface area contributed by atoms with Crippen LogP contribution in [0.15, 0.2) is 35.4 Å². The second kappa shape index (κ2) is 11.2. The fourth-order valence-corrected chi connectivity index (χ4v) is 5.79. The van der Waals surface area contributed by atoms with E-state index in [-0.39, 0.29) is 28.1 Å². The Morgan fingerprint density at radius 2 is 1.86 bits per heavy atom. The van der Waals surface area contributed by atoms with Crippen molar-refractivity contribution >= 4 is 33.4 Å². The van der Waals surface area contributed by atoms with Crippen molar-refractivity contribution < 1.29 is 30.8 Å². The zero-order valence-electron chi connectivity index (χ0n) is 19.3. The van der Waals surface area contributed by atoms with Gasteiger partial charge in [-0.05, 0) is 37.5 Å². The summed E-state index contributed by atoms with van der Waals surface area (Å²) >= 11 is 1.30. The lowest BCUT2D eigenvalue weighted by atomic mass is 9.98. The summed E-state index contributed by atoms with van der Waals surface area (Å²) in [5.41, 5.74) is -0.726. The molecule has 1 aliphatic rings. The molecule has 1 unspecified atom stereocenters. The Kier molecular flexibility index (Phi) is 8.68. The van der Waals surface area contributed by atoms with Crippen molar-refractivity contribution in [2.24, 2.45) is 0 Å². The third-order valence-electron chi connectivity index (χ3n) is 5.71. The molecule has 35 heavy (non-hydrogen) atoms. The van der Waals surface area contributed by atoms with Crippen molar-refractivity contribution in [3.05, 3.63) is 53.0 Å². The van der Waals surface area contributed by atoms with Crippen molar-refractivity contribution in [2.75, 3.05) is 11.0 Å². The van der Waals surface area contributed by atoms with Gasteiger partial charge in [-0.15, -0.1) is 11.8 Å². The zero-order chi connectivity index (χ0) is 25.8. The van der Waals surface area contributed by atoms with E-state index in [2.05, 4.69) is 15.0 Å². The lowest BCUT2D eigenvalue weighted by Crippen LogP contribution is -2.29. The van der Waals surface area contributed by atoms with Gasteiger partial charge in [0.25, 0.3) is 0 Å². The number of nitrogens with one attached hydrogen (secondary N) is 2. The molecule has 0 bridgehead atoms. The van der Waals surface area contributed by atoms with Crippen molar-refractivity contribution in [3.63, 3.8) is 0 Å². The molecular formula is C23H27F4N3O3S2. The van der Waals surface area contributed by atoms with Crippen molar-refractivity contribution in [1.82, 2.24) is 10.3 Å². The molecule has 0 saturated heterocycles. The van der Waals surface area contributed by atoms with Crippen LogP contribution in [0.5, 0.6) is 0 Å². The number of carbonyl (C=O) groups is 1. The highest BCUT2D eigenvalue weighted by Gasteiger charge is 2.33. The number of amides is 1. The van der Waals surface area contributed by atoms with Crippen LogP contribution < -0.4 is 10.0 Å². The molecule has 0 radical (unpaired) electrons. The maximum absolute atomic E-state index is 14.3. The largest absolute Gasteiger partial charge is 0.433 e. The highest BCUT2D eigenvalue weighted by atomic mass is 32.2. The van der Waals surface area contributed by atoms with Gasteiger partial charge in [0.1, 0.15) is 16.5 Å². The number of anilines is 1. The minimum absolute atomic E-state index is 0.0759. The molecule has 6 nitrogen and oxygen atoms in total. The maximum atomic E-state index is 14.3. The summed E-state index contributed by atoms with van der Waals surface area (Å²) in [7, 11) is -3.80. The van der Waals surface area contributed by atoms with Crippen molar-refractivity contribution in [3.8, 4) is 0 Å². The Morgan fingerprint density at radius 1 is 1.17 bits per heavy atom. The van der Waals surface area contributed by atoms with E-state index in [0.717, 1.165) is 50.5 Å². The van der Waals surface area contributed by atoms with Crippen LogP contribution >= 0.6 is 11.8 Å². The number of hydrogen-bond acceptors (Lipinski definition) is 5. The first-order valence-corrected chi connectivity index (χ1v) is 13.9. The predicted octanol–water partition coefficient (Wildman–Crippen LogP) is 5.46. The molecule has 0 spiro atoms. The third-order valence-corrected chi connectivity index (χ3v) is 7.66. The highest BCUT2D eigenvalue weighted by Crippen LogP contribution is 2.37. The molecule has 1 heterocycles. The van der Waals surface area contributed by atoms with Crippen LogP contribution in [0.2, 0.25) is 0 Å². The molecule has 1 atom stereocenters.